The summed E-state index contributed by atoms with van der Waals surface area (Å²) in [6.45, 7) is 3.64. The lowest BCUT2D eigenvalue weighted by Crippen LogP contribution is -2.34. The Morgan fingerprint density at radius 1 is 1.07 bits per heavy atom. The molecular formula is C22H22N2O3. The van der Waals surface area contributed by atoms with Gasteiger partial charge in [-0.1, -0.05) is 37.3 Å². The first-order chi connectivity index (χ1) is 13.1. The molecule has 1 atom stereocenters. The molecule has 0 heterocycles. The Kier molecular flexibility index (Phi) is 5.71. The van der Waals surface area contributed by atoms with E-state index in [0.717, 1.165) is 22.0 Å². The highest BCUT2D eigenvalue weighted by Crippen LogP contribution is 2.21. The van der Waals surface area contributed by atoms with Gasteiger partial charge in [0.15, 0.2) is 6.10 Å². The van der Waals surface area contributed by atoms with Crippen LogP contribution in [-0.4, -0.2) is 22.8 Å². The maximum atomic E-state index is 12.3. The van der Waals surface area contributed by atoms with Crippen LogP contribution in [-0.2, 0) is 4.79 Å². The fourth-order valence-electron chi connectivity index (χ4n) is 2.71. The summed E-state index contributed by atoms with van der Waals surface area (Å²) in [7, 11) is 0. The second-order valence-corrected chi connectivity index (χ2v) is 6.20. The highest BCUT2D eigenvalue weighted by Gasteiger charge is 2.15. The number of phenols is 1. The van der Waals surface area contributed by atoms with Crippen molar-refractivity contribution in [2.24, 2.45) is 5.10 Å². The Labute approximate surface area is 158 Å². The predicted octanol–water partition coefficient (Wildman–Crippen LogP) is 4.24. The zero-order chi connectivity index (χ0) is 19.2. The molecule has 5 heteroatoms. The lowest BCUT2D eigenvalue weighted by Gasteiger charge is -2.14. The molecule has 5 nitrogen and oxygen atoms in total. The van der Waals surface area contributed by atoms with Gasteiger partial charge in [0.2, 0.25) is 0 Å². The first-order valence-electron chi connectivity index (χ1n) is 8.88. The van der Waals surface area contributed by atoms with Gasteiger partial charge in [0, 0.05) is 0 Å². The number of ether oxygens (including phenoxy) is 1. The van der Waals surface area contributed by atoms with Gasteiger partial charge in [-0.15, -0.1) is 0 Å². The molecule has 0 aliphatic heterocycles. The van der Waals surface area contributed by atoms with Gasteiger partial charge in [-0.2, -0.15) is 5.10 Å². The number of phenolic OH excluding ortho intramolecular Hbond substituents is 1. The molecule has 0 aliphatic rings. The fraction of sp³-hybridized carbons (Fsp3) is 0.182. The molecule has 0 saturated heterocycles. The Bertz CT molecular complexity index is 965. The number of hydrazone groups is 1. The van der Waals surface area contributed by atoms with Gasteiger partial charge >= 0.3 is 0 Å². The number of carbonyl (C=O) groups excluding carboxylic acids is 1. The molecule has 138 valence electrons. The van der Waals surface area contributed by atoms with Gasteiger partial charge in [0.05, 0.1) is 5.71 Å². The fourth-order valence-corrected chi connectivity index (χ4v) is 2.71. The Hall–Kier alpha value is -3.34. The van der Waals surface area contributed by atoms with E-state index in [4.69, 9.17) is 4.74 Å². The van der Waals surface area contributed by atoms with Crippen LogP contribution in [0.5, 0.6) is 11.5 Å². The summed E-state index contributed by atoms with van der Waals surface area (Å²) in [5, 5.41) is 15.8. The highest BCUT2D eigenvalue weighted by atomic mass is 16.5. The average Bonchev–Trinajstić information content (AvgIpc) is 2.69. The van der Waals surface area contributed by atoms with Crippen molar-refractivity contribution >= 4 is 22.4 Å². The second-order valence-electron chi connectivity index (χ2n) is 6.20. The molecule has 3 rings (SSSR count). The van der Waals surface area contributed by atoms with Crippen molar-refractivity contribution in [1.29, 1.82) is 0 Å². The lowest BCUT2D eigenvalue weighted by atomic mass is 10.1. The molecule has 3 aromatic rings. The summed E-state index contributed by atoms with van der Waals surface area (Å²) < 4.78 is 5.76. The predicted molar refractivity (Wildman–Crippen MR) is 107 cm³/mol. The topological polar surface area (TPSA) is 70.9 Å². The summed E-state index contributed by atoms with van der Waals surface area (Å²) in [4.78, 5) is 12.3. The van der Waals surface area contributed by atoms with E-state index in [1.807, 2.05) is 49.4 Å². The molecule has 1 amide bonds. The van der Waals surface area contributed by atoms with E-state index in [1.54, 1.807) is 31.2 Å². The molecule has 27 heavy (non-hydrogen) atoms. The van der Waals surface area contributed by atoms with E-state index in [0.29, 0.717) is 12.2 Å². The van der Waals surface area contributed by atoms with Crippen LogP contribution in [0.3, 0.4) is 0 Å². The zero-order valence-electron chi connectivity index (χ0n) is 15.3. The van der Waals surface area contributed by atoms with Gasteiger partial charge in [0.1, 0.15) is 11.5 Å². The normalized spacial score (nSPS) is 12.6. The number of nitrogens with zero attached hydrogens (tertiary/aromatic N) is 1. The van der Waals surface area contributed by atoms with Crippen LogP contribution in [0.2, 0.25) is 0 Å². The number of benzene rings is 3. The Morgan fingerprint density at radius 3 is 2.48 bits per heavy atom. The van der Waals surface area contributed by atoms with Crippen LogP contribution >= 0.6 is 0 Å². The summed E-state index contributed by atoms with van der Waals surface area (Å²) >= 11 is 0. The third kappa shape index (κ3) is 4.64. The first-order valence-corrected chi connectivity index (χ1v) is 8.88. The standard InChI is InChI=1S/C22H22N2O3/c1-3-21(17-8-11-19(25)12-9-17)23-24-22(26)15(2)27-20-13-10-16-6-4-5-7-18(16)14-20/h4-15,25H,3H2,1-2H3,(H,24,26)/b23-21+. The van der Waals surface area contributed by atoms with E-state index in [2.05, 4.69) is 10.5 Å². The molecule has 2 N–H and O–H groups in total. The van der Waals surface area contributed by atoms with Crippen molar-refractivity contribution in [1.82, 2.24) is 5.43 Å². The number of fused-ring (bicyclic) bond motifs is 1. The van der Waals surface area contributed by atoms with Crippen LogP contribution in [0.25, 0.3) is 10.8 Å². The SMILES string of the molecule is CC/C(=N\NC(=O)C(C)Oc1ccc2ccccc2c1)c1ccc(O)cc1. The van der Waals surface area contributed by atoms with Gasteiger partial charge < -0.3 is 9.84 Å². The molecule has 0 radical (unpaired) electrons. The Morgan fingerprint density at radius 2 is 1.78 bits per heavy atom. The van der Waals surface area contributed by atoms with Gasteiger partial charge in [-0.3, -0.25) is 4.79 Å². The van der Waals surface area contributed by atoms with Gasteiger partial charge in [-0.25, -0.2) is 5.43 Å². The first kappa shape index (κ1) is 18.5. The van der Waals surface area contributed by atoms with Crippen molar-refractivity contribution in [3.05, 3.63) is 72.3 Å². The smallest absolute Gasteiger partial charge is 0.280 e. The van der Waals surface area contributed by atoms with Gasteiger partial charge in [-0.05, 0) is 66.1 Å². The summed E-state index contributed by atoms with van der Waals surface area (Å²) in [6.07, 6.45) is -0.0434. The monoisotopic (exact) mass is 362 g/mol. The molecule has 0 fully saturated rings. The van der Waals surface area contributed by atoms with Gasteiger partial charge in [0.25, 0.3) is 5.91 Å². The van der Waals surface area contributed by atoms with E-state index < -0.39 is 6.10 Å². The van der Waals surface area contributed by atoms with Crippen LogP contribution in [0.15, 0.2) is 71.8 Å². The van der Waals surface area contributed by atoms with Crippen molar-refractivity contribution in [3.8, 4) is 11.5 Å². The molecule has 0 bridgehead atoms. The Balaban J connectivity index is 1.66. The minimum Gasteiger partial charge on any atom is -0.508 e. The van der Waals surface area contributed by atoms with E-state index >= 15 is 0 Å². The number of nitrogens with one attached hydrogen (secondary N) is 1. The molecule has 0 aromatic heterocycles. The number of carbonyl (C=O) groups is 1. The van der Waals surface area contributed by atoms with Crippen LogP contribution < -0.4 is 10.2 Å². The van der Waals surface area contributed by atoms with Crippen molar-refractivity contribution in [2.45, 2.75) is 26.4 Å². The minimum absolute atomic E-state index is 0.190. The lowest BCUT2D eigenvalue weighted by molar-refractivity contribution is -0.127. The minimum atomic E-state index is -0.687. The largest absolute Gasteiger partial charge is 0.508 e. The van der Waals surface area contributed by atoms with E-state index in [9.17, 15) is 9.90 Å². The van der Waals surface area contributed by atoms with Crippen LogP contribution in [0, 0.1) is 0 Å². The number of hydrogen-bond acceptors (Lipinski definition) is 4. The molecule has 1 unspecified atom stereocenters. The average molecular weight is 362 g/mol. The molecule has 0 spiro atoms. The molecule has 0 aliphatic carbocycles. The number of rotatable bonds is 6. The maximum Gasteiger partial charge on any atom is 0.280 e. The van der Waals surface area contributed by atoms with Crippen molar-refractivity contribution in [3.63, 3.8) is 0 Å². The zero-order valence-corrected chi connectivity index (χ0v) is 15.3. The van der Waals surface area contributed by atoms with E-state index in [1.165, 1.54) is 0 Å². The third-order valence-electron chi connectivity index (χ3n) is 4.24. The molecule has 3 aromatic carbocycles. The highest BCUT2D eigenvalue weighted by molar-refractivity contribution is 6.01. The van der Waals surface area contributed by atoms with Crippen molar-refractivity contribution in [2.75, 3.05) is 0 Å². The van der Waals surface area contributed by atoms with Crippen LogP contribution in [0.1, 0.15) is 25.8 Å². The second kappa shape index (κ2) is 8.36. The maximum absolute atomic E-state index is 12.3. The number of aromatic hydroxyl groups is 1. The third-order valence-corrected chi connectivity index (χ3v) is 4.24. The summed E-state index contributed by atoms with van der Waals surface area (Å²) in [5.74, 6) is 0.498. The molecule has 0 saturated carbocycles. The van der Waals surface area contributed by atoms with E-state index in [-0.39, 0.29) is 11.7 Å². The summed E-state index contributed by atoms with van der Waals surface area (Å²) in [5.41, 5.74) is 4.13. The summed E-state index contributed by atoms with van der Waals surface area (Å²) in [6, 6.07) is 20.4. The number of amides is 1. The van der Waals surface area contributed by atoms with Crippen molar-refractivity contribution < 1.29 is 14.6 Å². The molecular weight excluding hydrogens is 340 g/mol. The quantitative estimate of drug-likeness (QED) is 0.509. The number of hydrogen-bond donors (Lipinski definition) is 2. The van der Waals surface area contributed by atoms with Crippen LogP contribution in [0.4, 0.5) is 0 Å².